The molecule has 1 unspecified atom stereocenters. The van der Waals surface area contributed by atoms with Crippen LogP contribution < -0.4 is 22.1 Å². The molecule has 2 aromatic rings. The lowest BCUT2D eigenvalue weighted by atomic mass is 9.93. The molecule has 0 bridgehead atoms. The van der Waals surface area contributed by atoms with Gasteiger partial charge in [0.25, 0.3) is 0 Å². The predicted octanol–water partition coefficient (Wildman–Crippen LogP) is 2.33. The molecule has 0 aliphatic carbocycles. The molecule has 1 aromatic carbocycles. The molecule has 0 radical (unpaired) electrons. The highest BCUT2D eigenvalue weighted by Gasteiger charge is 2.30. The quantitative estimate of drug-likeness (QED) is 0.446. The monoisotopic (exact) mass is 366 g/mol. The van der Waals surface area contributed by atoms with Gasteiger partial charge in [-0.25, -0.2) is 9.98 Å². The number of nitrogens with zero attached hydrogens (tertiary/aromatic N) is 4. The van der Waals surface area contributed by atoms with E-state index in [0.29, 0.717) is 16.4 Å². The van der Waals surface area contributed by atoms with E-state index >= 15 is 0 Å². The Bertz CT molecular complexity index is 1010. The number of nitrogens with two attached hydrogens (primary N) is 2. The molecule has 3 rings (SSSR count). The molecule has 0 saturated carbocycles. The number of nitriles is 2. The van der Waals surface area contributed by atoms with Gasteiger partial charge in [0.05, 0.1) is 5.69 Å². The van der Waals surface area contributed by atoms with Gasteiger partial charge in [-0.1, -0.05) is 23.7 Å². The van der Waals surface area contributed by atoms with E-state index in [1.54, 1.807) is 0 Å². The van der Waals surface area contributed by atoms with Crippen LogP contribution in [0.2, 0.25) is 5.02 Å². The zero-order valence-corrected chi connectivity index (χ0v) is 14.8. The van der Waals surface area contributed by atoms with Crippen LogP contribution in [0.1, 0.15) is 33.9 Å². The average molecular weight is 367 g/mol. The number of guanidine groups is 1. The molecule has 1 atom stereocenters. The van der Waals surface area contributed by atoms with Gasteiger partial charge in [0.2, 0.25) is 5.96 Å². The van der Waals surface area contributed by atoms with Crippen molar-refractivity contribution in [2.24, 2.45) is 4.99 Å². The second-order valence-electron chi connectivity index (χ2n) is 5.87. The lowest BCUT2D eigenvalue weighted by molar-refractivity contribution is 0.844. The summed E-state index contributed by atoms with van der Waals surface area (Å²) >= 11 is 6.27. The summed E-state index contributed by atoms with van der Waals surface area (Å²) in [4.78, 5) is 8.74. The summed E-state index contributed by atoms with van der Waals surface area (Å²) in [5.41, 5.74) is 15.5. The van der Waals surface area contributed by atoms with Crippen LogP contribution in [-0.2, 0) is 0 Å². The number of hydrogen-bond acceptors (Lipinski definition) is 8. The highest BCUT2D eigenvalue weighted by molar-refractivity contribution is 6.32. The van der Waals surface area contributed by atoms with E-state index < -0.39 is 6.04 Å². The molecule has 2 heterocycles. The van der Waals surface area contributed by atoms with E-state index in [2.05, 4.69) is 20.6 Å². The zero-order chi connectivity index (χ0) is 19.0. The number of benzene rings is 1. The molecule has 6 N–H and O–H groups in total. The molecule has 8 nitrogen and oxygen atoms in total. The predicted molar refractivity (Wildman–Crippen MR) is 100 cm³/mol. The van der Waals surface area contributed by atoms with Gasteiger partial charge < -0.3 is 16.8 Å². The number of aromatic nitrogens is 1. The molecule has 1 aromatic heterocycles. The first-order valence-corrected chi connectivity index (χ1v) is 8.00. The Morgan fingerprint density at radius 1 is 1.23 bits per heavy atom. The minimum Gasteiger partial charge on any atom is -0.397 e. The third kappa shape index (κ3) is 2.73. The van der Waals surface area contributed by atoms with Crippen LogP contribution in [0.25, 0.3) is 0 Å². The fourth-order valence-electron chi connectivity index (χ4n) is 2.96. The molecule has 26 heavy (non-hydrogen) atoms. The summed E-state index contributed by atoms with van der Waals surface area (Å²) in [6.45, 7) is 3.79. The number of anilines is 3. The van der Waals surface area contributed by atoms with Gasteiger partial charge in [-0.15, -0.1) is 0 Å². The fourth-order valence-corrected chi connectivity index (χ4v) is 3.07. The van der Waals surface area contributed by atoms with Crippen LogP contribution in [0.5, 0.6) is 0 Å². The van der Waals surface area contributed by atoms with Gasteiger partial charge in [-0.2, -0.15) is 10.5 Å². The molecule has 0 fully saturated rings. The third-order valence-electron chi connectivity index (χ3n) is 4.13. The Kier molecular flexibility index (Phi) is 4.29. The number of aryl methyl sites for hydroxylation is 2. The number of nitrogens with one attached hydrogen (secondary N) is 2. The van der Waals surface area contributed by atoms with Gasteiger partial charge in [0, 0.05) is 10.6 Å². The second-order valence-corrected chi connectivity index (χ2v) is 6.25. The van der Waals surface area contributed by atoms with Crippen LogP contribution in [-0.4, -0.2) is 10.9 Å². The molecule has 0 saturated heterocycles. The summed E-state index contributed by atoms with van der Waals surface area (Å²) in [5.74, 6) is 0.574. The molecule has 9 heteroatoms. The Hall–Kier alpha value is -3.49. The fraction of sp³-hybridized carbons (Fsp3) is 0.176. The minimum atomic E-state index is -0.572. The number of halogens is 1. The number of hydrogen-bond donors (Lipinski definition) is 4. The standard InChI is InChI=1S/C17H15ClN8/c1-7-3-9(4-8(2)12(7)18)14-11-13(21)10(5-19)15(22)25-16(11)26-17(24-14)23-6-20/h3-4,14H,1-2H3,(H6,21,22,23,24,25,26). The van der Waals surface area contributed by atoms with Gasteiger partial charge in [-0.3, -0.25) is 5.32 Å². The lowest BCUT2D eigenvalue weighted by Crippen LogP contribution is -2.32. The van der Waals surface area contributed by atoms with Crippen molar-refractivity contribution < 1.29 is 0 Å². The molecule has 1 aliphatic heterocycles. The Morgan fingerprint density at radius 3 is 2.46 bits per heavy atom. The number of fused-ring (bicyclic) bond motifs is 1. The maximum absolute atomic E-state index is 9.34. The van der Waals surface area contributed by atoms with Crippen molar-refractivity contribution in [2.75, 3.05) is 16.8 Å². The first kappa shape index (κ1) is 17.3. The highest BCUT2D eigenvalue weighted by atomic mass is 35.5. The molecule has 0 amide bonds. The number of pyridine rings is 1. The molecule has 1 aliphatic rings. The van der Waals surface area contributed by atoms with Crippen molar-refractivity contribution in [2.45, 2.75) is 19.9 Å². The summed E-state index contributed by atoms with van der Waals surface area (Å²) in [5, 5.41) is 24.3. The van der Waals surface area contributed by atoms with E-state index in [4.69, 9.17) is 28.3 Å². The SMILES string of the molecule is Cc1cc(C2N=C(NC#N)Nc3nc(N)c(C#N)c(N)c32)cc(C)c1Cl. The topological polar surface area (TPSA) is 149 Å². The highest BCUT2D eigenvalue weighted by Crippen LogP contribution is 2.41. The average Bonchev–Trinajstić information content (AvgIpc) is 2.59. The maximum atomic E-state index is 9.34. The first-order valence-electron chi connectivity index (χ1n) is 7.62. The smallest absolute Gasteiger partial charge is 0.211 e. The van der Waals surface area contributed by atoms with E-state index in [9.17, 15) is 5.26 Å². The van der Waals surface area contributed by atoms with E-state index in [-0.39, 0.29) is 23.0 Å². The van der Waals surface area contributed by atoms with Crippen molar-refractivity contribution >= 4 is 34.9 Å². The van der Waals surface area contributed by atoms with Crippen molar-refractivity contribution in [3.63, 3.8) is 0 Å². The summed E-state index contributed by atoms with van der Waals surface area (Å²) in [6, 6.07) is 5.19. The van der Waals surface area contributed by atoms with Crippen molar-refractivity contribution in [1.82, 2.24) is 10.3 Å². The van der Waals surface area contributed by atoms with Crippen molar-refractivity contribution in [3.8, 4) is 12.3 Å². The van der Waals surface area contributed by atoms with Gasteiger partial charge in [-0.05, 0) is 30.5 Å². The Morgan fingerprint density at radius 2 is 1.88 bits per heavy atom. The van der Waals surface area contributed by atoms with Crippen molar-refractivity contribution in [1.29, 1.82) is 10.5 Å². The summed E-state index contributed by atoms with van der Waals surface area (Å²) in [6.07, 6.45) is 1.82. The summed E-state index contributed by atoms with van der Waals surface area (Å²) < 4.78 is 0. The first-order chi connectivity index (χ1) is 12.4. The lowest BCUT2D eigenvalue weighted by Gasteiger charge is -2.26. The van der Waals surface area contributed by atoms with E-state index in [1.165, 1.54) is 0 Å². The van der Waals surface area contributed by atoms with Crippen molar-refractivity contribution in [3.05, 3.63) is 45.0 Å². The summed E-state index contributed by atoms with van der Waals surface area (Å²) in [7, 11) is 0. The van der Waals surface area contributed by atoms with Gasteiger partial charge >= 0.3 is 0 Å². The number of nitrogen functional groups attached to an aromatic ring is 2. The Labute approximate surface area is 155 Å². The molecular weight excluding hydrogens is 352 g/mol. The number of aliphatic imine (C=N–C) groups is 1. The Balaban J connectivity index is 2.28. The minimum absolute atomic E-state index is 0.0108. The van der Waals surface area contributed by atoms with Crippen LogP contribution in [0.4, 0.5) is 17.3 Å². The normalized spacial score (nSPS) is 15.1. The van der Waals surface area contributed by atoms with Crippen LogP contribution >= 0.6 is 11.6 Å². The largest absolute Gasteiger partial charge is 0.397 e. The molecule has 0 spiro atoms. The van der Waals surface area contributed by atoms with Crippen LogP contribution in [0, 0.1) is 36.6 Å². The van der Waals surface area contributed by atoms with E-state index in [1.807, 2.05) is 38.2 Å². The van der Waals surface area contributed by atoms with Crippen LogP contribution in [0.15, 0.2) is 17.1 Å². The molecule has 130 valence electrons. The van der Waals surface area contributed by atoms with Gasteiger partial charge in [0.15, 0.2) is 6.19 Å². The zero-order valence-electron chi connectivity index (χ0n) is 14.1. The van der Waals surface area contributed by atoms with Gasteiger partial charge in [0.1, 0.15) is 29.3 Å². The van der Waals surface area contributed by atoms with E-state index in [0.717, 1.165) is 16.7 Å². The second kappa shape index (κ2) is 6.43. The van der Waals surface area contributed by atoms with Crippen LogP contribution in [0.3, 0.4) is 0 Å². The molecular formula is C17H15ClN8. The third-order valence-corrected chi connectivity index (χ3v) is 4.73. The number of rotatable bonds is 1. The maximum Gasteiger partial charge on any atom is 0.211 e.